The third kappa shape index (κ3) is 6.50. The number of nitrogens with one attached hydrogen (secondary N) is 2. The summed E-state index contributed by atoms with van der Waals surface area (Å²) < 4.78 is 5.64. The molecule has 0 amide bonds. The molecule has 26 heavy (non-hydrogen) atoms. The minimum atomic E-state index is -0.632. The van der Waals surface area contributed by atoms with Crippen LogP contribution >= 0.6 is 0 Å². The first-order chi connectivity index (χ1) is 12.5. The van der Waals surface area contributed by atoms with Gasteiger partial charge in [-0.2, -0.15) is 0 Å². The van der Waals surface area contributed by atoms with E-state index in [0.717, 1.165) is 36.9 Å². The highest BCUT2D eigenvalue weighted by atomic mass is 16.5. The largest absolute Gasteiger partial charge is 0.491 e. The molecular formula is C20H34N4O2. The second kappa shape index (κ2) is 10.4. The second-order valence-corrected chi connectivity index (χ2v) is 7.13. The molecule has 2 atom stereocenters. The van der Waals surface area contributed by atoms with Crippen molar-refractivity contribution in [2.45, 2.75) is 51.9 Å². The van der Waals surface area contributed by atoms with Gasteiger partial charge < -0.3 is 25.4 Å². The third-order valence-electron chi connectivity index (χ3n) is 4.58. The van der Waals surface area contributed by atoms with E-state index in [1.54, 1.807) is 0 Å². The van der Waals surface area contributed by atoms with E-state index in [0.29, 0.717) is 12.6 Å². The van der Waals surface area contributed by atoms with Crippen LogP contribution in [0.5, 0.6) is 5.75 Å². The van der Waals surface area contributed by atoms with Gasteiger partial charge in [0, 0.05) is 19.1 Å². The van der Waals surface area contributed by atoms with E-state index < -0.39 is 6.10 Å². The van der Waals surface area contributed by atoms with Crippen molar-refractivity contribution in [1.29, 1.82) is 0 Å². The van der Waals surface area contributed by atoms with E-state index in [4.69, 9.17) is 4.74 Å². The molecule has 6 nitrogen and oxygen atoms in total. The lowest BCUT2D eigenvalue weighted by Crippen LogP contribution is -2.44. The van der Waals surface area contributed by atoms with Crippen LogP contribution in [-0.4, -0.2) is 61.3 Å². The number of likely N-dealkylation sites (N-methyl/N-ethyl adjacent to an activating group) is 1. The van der Waals surface area contributed by atoms with Crippen LogP contribution in [0, 0.1) is 0 Å². The zero-order valence-corrected chi connectivity index (χ0v) is 16.5. The number of guanidine groups is 1. The molecule has 0 saturated carbocycles. The van der Waals surface area contributed by atoms with E-state index in [9.17, 15) is 5.11 Å². The normalized spacial score (nSPS) is 19.6. The van der Waals surface area contributed by atoms with Crippen LogP contribution < -0.4 is 15.4 Å². The lowest BCUT2D eigenvalue weighted by atomic mass is 10.1. The zero-order valence-electron chi connectivity index (χ0n) is 16.5. The molecule has 6 heteroatoms. The summed E-state index contributed by atoms with van der Waals surface area (Å²) in [5.74, 6) is 1.57. The number of aliphatic imine (C=N–C) groups is 1. The van der Waals surface area contributed by atoms with E-state index in [1.165, 1.54) is 12.8 Å². The van der Waals surface area contributed by atoms with Gasteiger partial charge in [-0.05, 0) is 64.9 Å². The number of aliphatic hydroxyl groups is 1. The SMILES string of the molecule is CCNC(=NCC(O)c1ccc(OC(C)C)cc1)NCC1CCCN1C. The second-order valence-electron chi connectivity index (χ2n) is 7.13. The maximum atomic E-state index is 10.4. The van der Waals surface area contributed by atoms with Crippen molar-refractivity contribution in [2.75, 3.05) is 33.2 Å². The van der Waals surface area contributed by atoms with Gasteiger partial charge in [0.2, 0.25) is 0 Å². The van der Waals surface area contributed by atoms with Crippen molar-refractivity contribution in [1.82, 2.24) is 15.5 Å². The quantitative estimate of drug-likeness (QED) is 0.488. The van der Waals surface area contributed by atoms with Gasteiger partial charge in [-0.25, -0.2) is 0 Å². The van der Waals surface area contributed by atoms with Crippen molar-refractivity contribution < 1.29 is 9.84 Å². The number of hydrogen-bond donors (Lipinski definition) is 3. The molecule has 0 aromatic heterocycles. The Morgan fingerprint density at radius 3 is 2.62 bits per heavy atom. The van der Waals surface area contributed by atoms with Crippen LogP contribution in [0.1, 0.15) is 45.3 Å². The van der Waals surface area contributed by atoms with Gasteiger partial charge in [-0.3, -0.25) is 4.99 Å². The van der Waals surface area contributed by atoms with Gasteiger partial charge in [0.25, 0.3) is 0 Å². The molecule has 1 aromatic rings. The smallest absolute Gasteiger partial charge is 0.191 e. The van der Waals surface area contributed by atoms with Gasteiger partial charge in [0.15, 0.2) is 5.96 Å². The number of benzene rings is 1. The average molecular weight is 363 g/mol. The van der Waals surface area contributed by atoms with Gasteiger partial charge in [-0.15, -0.1) is 0 Å². The monoisotopic (exact) mass is 362 g/mol. The zero-order chi connectivity index (χ0) is 18.9. The van der Waals surface area contributed by atoms with Gasteiger partial charge in [0.05, 0.1) is 18.8 Å². The number of rotatable bonds is 8. The Hall–Kier alpha value is -1.79. The molecule has 2 unspecified atom stereocenters. The highest BCUT2D eigenvalue weighted by Gasteiger charge is 2.20. The number of aliphatic hydroxyl groups excluding tert-OH is 1. The molecule has 1 saturated heterocycles. The predicted octanol–water partition coefficient (Wildman–Crippen LogP) is 2.16. The van der Waals surface area contributed by atoms with Crippen LogP contribution in [0.3, 0.4) is 0 Å². The summed E-state index contributed by atoms with van der Waals surface area (Å²) in [6, 6.07) is 8.12. The number of hydrogen-bond acceptors (Lipinski definition) is 4. The van der Waals surface area contributed by atoms with Crippen LogP contribution in [0.2, 0.25) is 0 Å². The van der Waals surface area contributed by atoms with Crippen LogP contribution in [0.25, 0.3) is 0 Å². The minimum Gasteiger partial charge on any atom is -0.491 e. The van der Waals surface area contributed by atoms with Gasteiger partial charge in [0.1, 0.15) is 5.75 Å². The highest BCUT2D eigenvalue weighted by Crippen LogP contribution is 2.19. The number of ether oxygens (including phenoxy) is 1. The van der Waals surface area contributed by atoms with Gasteiger partial charge in [-0.1, -0.05) is 12.1 Å². The molecule has 0 radical (unpaired) electrons. The summed E-state index contributed by atoms with van der Waals surface area (Å²) in [4.78, 5) is 6.92. The third-order valence-corrected chi connectivity index (χ3v) is 4.58. The number of nitrogens with zero attached hydrogens (tertiary/aromatic N) is 2. The Kier molecular flexibility index (Phi) is 8.19. The van der Waals surface area contributed by atoms with Gasteiger partial charge >= 0.3 is 0 Å². The Labute approximate surface area is 157 Å². The molecular weight excluding hydrogens is 328 g/mol. The first kappa shape index (κ1) is 20.5. The standard InChI is InChI=1S/C20H34N4O2/c1-5-21-20(22-13-17-7-6-12-24(17)4)23-14-19(25)16-8-10-18(11-9-16)26-15(2)3/h8-11,15,17,19,25H,5-7,12-14H2,1-4H3,(H2,21,22,23). The Morgan fingerprint density at radius 2 is 2.04 bits per heavy atom. The van der Waals surface area contributed by atoms with Crippen molar-refractivity contribution in [3.8, 4) is 5.75 Å². The molecule has 1 fully saturated rings. The molecule has 0 spiro atoms. The summed E-state index contributed by atoms with van der Waals surface area (Å²) in [5, 5.41) is 17.1. The fourth-order valence-electron chi connectivity index (χ4n) is 3.12. The molecule has 1 aliphatic rings. The predicted molar refractivity (Wildman–Crippen MR) is 107 cm³/mol. The molecule has 3 N–H and O–H groups in total. The van der Waals surface area contributed by atoms with Crippen LogP contribution in [-0.2, 0) is 0 Å². The molecule has 146 valence electrons. The first-order valence-corrected chi connectivity index (χ1v) is 9.66. The van der Waals surface area contributed by atoms with Crippen molar-refractivity contribution >= 4 is 5.96 Å². The minimum absolute atomic E-state index is 0.142. The summed E-state index contributed by atoms with van der Waals surface area (Å²) in [6.45, 7) is 9.19. The Balaban J connectivity index is 1.88. The lowest BCUT2D eigenvalue weighted by Gasteiger charge is -2.21. The van der Waals surface area contributed by atoms with E-state index >= 15 is 0 Å². The Bertz CT molecular complexity index is 559. The highest BCUT2D eigenvalue weighted by molar-refractivity contribution is 5.79. The summed E-state index contributed by atoms with van der Waals surface area (Å²) >= 11 is 0. The summed E-state index contributed by atoms with van der Waals surface area (Å²) in [6.07, 6.45) is 1.98. The molecule has 1 aromatic carbocycles. The first-order valence-electron chi connectivity index (χ1n) is 9.66. The summed E-state index contributed by atoms with van der Waals surface area (Å²) in [5.41, 5.74) is 0.844. The molecule has 1 heterocycles. The summed E-state index contributed by atoms with van der Waals surface area (Å²) in [7, 11) is 2.17. The Morgan fingerprint density at radius 1 is 1.31 bits per heavy atom. The topological polar surface area (TPSA) is 69.1 Å². The van der Waals surface area contributed by atoms with Crippen LogP contribution in [0.15, 0.2) is 29.3 Å². The molecule has 1 aliphatic heterocycles. The molecule has 2 rings (SSSR count). The fraction of sp³-hybridized carbons (Fsp3) is 0.650. The number of likely N-dealkylation sites (tertiary alicyclic amines) is 1. The molecule has 0 aliphatic carbocycles. The van der Waals surface area contributed by atoms with E-state index in [2.05, 4.69) is 27.6 Å². The van der Waals surface area contributed by atoms with E-state index in [1.807, 2.05) is 45.0 Å². The van der Waals surface area contributed by atoms with Crippen LogP contribution in [0.4, 0.5) is 0 Å². The van der Waals surface area contributed by atoms with E-state index in [-0.39, 0.29) is 6.10 Å². The lowest BCUT2D eigenvalue weighted by molar-refractivity contribution is 0.186. The van der Waals surface area contributed by atoms with Crippen molar-refractivity contribution in [2.24, 2.45) is 4.99 Å². The van der Waals surface area contributed by atoms with Crippen molar-refractivity contribution in [3.05, 3.63) is 29.8 Å². The van der Waals surface area contributed by atoms with Crippen molar-refractivity contribution in [3.63, 3.8) is 0 Å². The average Bonchev–Trinajstić information content (AvgIpc) is 3.02. The maximum Gasteiger partial charge on any atom is 0.191 e. The molecule has 0 bridgehead atoms. The fourth-order valence-corrected chi connectivity index (χ4v) is 3.12. The maximum absolute atomic E-state index is 10.4.